The second kappa shape index (κ2) is 9.32. The first-order valence-corrected chi connectivity index (χ1v) is 10.9. The predicted molar refractivity (Wildman–Crippen MR) is 120 cm³/mol. The van der Waals surface area contributed by atoms with Gasteiger partial charge in [-0.25, -0.2) is 0 Å². The van der Waals surface area contributed by atoms with Crippen LogP contribution >= 0.6 is 0 Å². The van der Waals surface area contributed by atoms with Crippen LogP contribution in [0.5, 0.6) is 0 Å². The van der Waals surface area contributed by atoms with Crippen LogP contribution in [0.25, 0.3) is 11.8 Å². The highest BCUT2D eigenvalue weighted by molar-refractivity contribution is 5.73. The van der Waals surface area contributed by atoms with Gasteiger partial charge >= 0.3 is 6.18 Å². The van der Waals surface area contributed by atoms with E-state index in [1.54, 1.807) is 23.2 Å². The number of aromatic nitrogens is 1. The topological polar surface area (TPSA) is 91.6 Å². The van der Waals surface area contributed by atoms with Gasteiger partial charge in [-0.3, -0.25) is 19.9 Å². The number of benzene rings is 1. The van der Waals surface area contributed by atoms with Gasteiger partial charge in [-0.2, -0.15) is 13.2 Å². The fourth-order valence-corrected chi connectivity index (χ4v) is 4.24. The molecule has 11 heteroatoms. The Labute approximate surface area is 193 Å². The highest BCUT2D eigenvalue weighted by Crippen LogP contribution is 2.33. The molecule has 180 valence electrons. The van der Waals surface area contributed by atoms with Crippen molar-refractivity contribution < 1.29 is 22.9 Å². The third-order valence-corrected chi connectivity index (χ3v) is 6.15. The second-order valence-corrected chi connectivity index (χ2v) is 8.40. The van der Waals surface area contributed by atoms with Gasteiger partial charge in [0.25, 0.3) is 5.69 Å². The molecule has 1 N–H and O–H groups in total. The molecule has 1 saturated heterocycles. The van der Waals surface area contributed by atoms with Gasteiger partial charge in [0.05, 0.1) is 28.1 Å². The third-order valence-electron chi connectivity index (χ3n) is 6.15. The van der Waals surface area contributed by atoms with E-state index >= 15 is 0 Å². The molecule has 2 aliphatic rings. The number of carbonyl (C=O) groups excluding carboxylic acids is 1. The van der Waals surface area contributed by atoms with E-state index < -0.39 is 17.0 Å². The smallest absolute Gasteiger partial charge is 0.384 e. The molecule has 1 aromatic heterocycles. The van der Waals surface area contributed by atoms with Crippen LogP contribution in [0.1, 0.15) is 18.9 Å². The predicted octanol–water partition coefficient (Wildman–Crippen LogP) is 1.92. The summed E-state index contributed by atoms with van der Waals surface area (Å²) in [6.07, 6.45) is -1.98. The number of nitro benzene ring substituents is 1. The molecular weight excluding hydrogens is 451 g/mol. The number of rotatable bonds is 5. The first kappa shape index (κ1) is 23.5. The number of nitro groups is 1. The fraction of sp³-hybridized carbons (Fsp3) is 0.391. The van der Waals surface area contributed by atoms with E-state index in [9.17, 15) is 28.1 Å². The van der Waals surface area contributed by atoms with Crippen molar-refractivity contribution in [1.29, 1.82) is 0 Å². The maximum absolute atomic E-state index is 13.6. The number of anilines is 1. The van der Waals surface area contributed by atoms with Gasteiger partial charge in [-0.05, 0) is 17.7 Å². The molecule has 34 heavy (non-hydrogen) atoms. The number of amides is 1. The zero-order valence-electron chi connectivity index (χ0n) is 18.5. The maximum atomic E-state index is 13.6. The van der Waals surface area contributed by atoms with Crippen molar-refractivity contribution in [3.63, 3.8) is 0 Å². The largest absolute Gasteiger partial charge is 0.395 e. The third kappa shape index (κ3) is 5.13. The Kier molecular flexibility index (Phi) is 6.45. The summed E-state index contributed by atoms with van der Waals surface area (Å²) < 4.78 is 40.7. The number of pyridine rings is 1. The fourth-order valence-electron chi connectivity index (χ4n) is 4.24. The summed E-state index contributed by atoms with van der Waals surface area (Å²) in [7, 11) is 0. The molecular formula is C23H24F3N5O3. The Morgan fingerprint density at radius 2 is 1.97 bits per heavy atom. The molecule has 4 rings (SSSR count). The van der Waals surface area contributed by atoms with Crippen molar-refractivity contribution in [2.24, 2.45) is 5.92 Å². The Bertz CT molecular complexity index is 1220. The van der Waals surface area contributed by atoms with Crippen LogP contribution in [0.4, 0.5) is 24.5 Å². The van der Waals surface area contributed by atoms with Crippen molar-refractivity contribution >= 4 is 29.1 Å². The molecule has 0 bridgehead atoms. The van der Waals surface area contributed by atoms with Gasteiger partial charge in [0.2, 0.25) is 5.91 Å². The van der Waals surface area contributed by atoms with Crippen molar-refractivity contribution in [3.05, 3.63) is 62.8 Å². The van der Waals surface area contributed by atoms with Crippen LogP contribution in [0, 0.1) is 16.0 Å². The van der Waals surface area contributed by atoms with Gasteiger partial charge < -0.3 is 15.1 Å². The lowest BCUT2D eigenvalue weighted by atomic mass is 9.95. The molecule has 0 spiro atoms. The Morgan fingerprint density at radius 3 is 2.62 bits per heavy atom. The average molecular weight is 475 g/mol. The SMILES string of the molecule is CC(=O)N1CCN(c2cnc3c(c2)=C(NCc2cccc([N+](=O)[O-])c2)CC(C(F)(F)F)C=3)CC1. The summed E-state index contributed by atoms with van der Waals surface area (Å²) in [6.45, 7) is 4.00. The Morgan fingerprint density at radius 1 is 1.24 bits per heavy atom. The van der Waals surface area contributed by atoms with Crippen molar-refractivity contribution in [3.8, 4) is 0 Å². The molecule has 2 aromatic rings. The Balaban J connectivity index is 1.65. The molecule has 8 nitrogen and oxygen atoms in total. The van der Waals surface area contributed by atoms with Gasteiger partial charge in [-0.1, -0.05) is 12.1 Å². The number of alkyl halides is 3. The molecule has 2 heterocycles. The summed E-state index contributed by atoms with van der Waals surface area (Å²) in [4.78, 5) is 30.2. The van der Waals surface area contributed by atoms with E-state index in [2.05, 4.69) is 15.2 Å². The van der Waals surface area contributed by atoms with E-state index in [4.69, 9.17) is 0 Å². The lowest BCUT2D eigenvalue weighted by Crippen LogP contribution is -2.49. The summed E-state index contributed by atoms with van der Waals surface area (Å²) in [5.41, 5.74) is 1.67. The lowest BCUT2D eigenvalue weighted by molar-refractivity contribution is -0.384. The number of hydrogen-bond acceptors (Lipinski definition) is 6. The summed E-state index contributed by atoms with van der Waals surface area (Å²) >= 11 is 0. The molecule has 1 atom stereocenters. The number of hydrogen-bond donors (Lipinski definition) is 1. The summed E-state index contributed by atoms with van der Waals surface area (Å²) in [5, 5.41) is 14.9. The number of nitrogens with one attached hydrogen (secondary N) is 1. The summed E-state index contributed by atoms with van der Waals surface area (Å²) in [6, 6.07) is 7.81. The maximum Gasteiger partial charge on any atom is 0.395 e. The minimum atomic E-state index is -4.42. The van der Waals surface area contributed by atoms with Crippen molar-refractivity contribution in [2.75, 3.05) is 31.1 Å². The molecule has 1 unspecified atom stereocenters. The minimum absolute atomic E-state index is 0.0111. The molecule has 1 amide bonds. The minimum Gasteiger partial charge on any atom is -0.384 e. The van der Waals surface area contributed by atoms with E-state index in [1.165, 1.54) is 19.1 Å². The first-order chi connectivity index (χ1) is 16.1. The van der Waals surface area contributed by atoms with E-state index in [-0.39, 0.29) is 29.9 Å². The van der Waals surface area contributed by atoms with Crippen LogP contribution in [0.3, 0.4) is 0 Å². The van der Waals surface area contributed by atoms with E-state index in [1.807, 2.05) is 6.07 Å². The zero-order chi connectivity index (χ0) is 24.5. The monoisotopic (exact) mass is 475 g/mol. The van der Waals surface area contributed by atoms with Crippen molar-refractivity contribution in [2.45, 2.75) is 26.1 Å². The van der Waals surface area contributed by atoms with Gasteiger partial charge in [0, 0.05) is 69.1 Å². The highest BCUT2D eigenvalue weighted by Gasteiger charge is 2.39. The molecule has 1 fully saturated rings. The van der Waals surface area contributed by atoms with Crippen molar-refractivity contribution in [1.82, 2.24) is 15.2 Å². The summed E-state index contributed by atoms with van der Waals surface area (Å²) in [5.74, 6) is -1.66. The quantitative estimate of drug-likeness (QED) is 0.525. The van der Waals surface area contributed by atoms with Gasteiger partial charge in [-0.15, -0.1) is 0 Å². The average Bonchev–Trinajstić information content (AvgIpc) is 2.81. The van der Waals surface area contributed by atoms with Crippen LogP contribution in [0.15, 0.2) is 36.5 Å². The van der Waals surface area contributed by atoms with Crippen LogP contribution in [0.2, 0.25) is 0 Å². The molecule has 1 aromatic carbocycles. The number of fused-ring (bicyclic) bond motifs is 1. The van der Waals surface area contributed by atoms with Crippen LogP contribution < -0.4 is 20.8 Å². The standard InChI is InChI=1S/C23H24F3N5O3/c1-15(32)29-5-7-30(8-6-29)19-12-20-21(10-17(23(24,25)26)11-22(20)28-14-19)27-13-16-3-2-4-18(9-16)31(33)34/h2-4,9,11-12,14,17,27H,5-8,10,13H2,1H3. The lowest BCUT2D eigenvalue weighted by Gasteiger charge is -2.35. The molecule has 0 radical (unpaired) electrons. The molecule has 1 aliphatic carbocycles. The van der Waals surface area contributed by atoms with Crippen LogP contribution in [-0.2, 0) is 11.3 Å². The molecule has 0 saturated carbocycles. The number of halogens is 3. The van der Waals surface area contributed by atoms with Crippen LogP contribution in [-0.4, -0.2) is 53.1 Å². The van der Waals surface area contributed by atoms with E-state index in [0.717, 1.165) is 11.8 Å². The molecule has 1 aliphatic heterocycles. The zero-order valence-corrected chi connectivity index (χ0v) is 18.5. The first-order valence-electron chi connectivity index (χ1n) is 10.9. The number of piperazine rings is 1. The van der Waals surface area contributed by atoms with Gasteiger partial charge in [0.15, 0.2) is 0 Å². The number of non-ortho nitro benzene ring substituents is 1. The van der Waals surface area contributed by atoms with Gasteiger partial charge in [0.1, 0.15) is 0 Å². The number of carbonyl (C=O) groups is 1. The Hall–Kier alpha value is -3.63. The van der Waals surface area contributed by atoms with E-state index in [0.29, 0.717) is 42.7 Å². The normalized spacial score (nSPS) is 18.2. The highest BCUT2D eigenvalue weighted by atomic mass is 19.4. The number of nitrogens with zero attached hydrogens (tertiary/aromatic N) is 4. The second-order valence-electron chi connectivity index (χ2n) is 8.40.